The molecular weight excluding hydrogens is 466 g/mol. The zero-order valence-corrected chi connectivity index (χ0v) is 17.6. The van der Waals surface area contributed by atoms with Gasteiger partial charge in [0.2, 0.25) is 15.8 Å². The van der Waals surface area contributed by atoms with Crippen molar-refractivity contribution in [3.63, 3.8) is 0 Å². The minimum absolute atomic E-state index is 0.0441. The molecule has 0 unspecified atom stereocenters. The van der Waals surface area contributed by atoms with Gasteiger partial charge in [-0.25, -0.2) is 23.1 Å². The van der Waals surface area contributed by atoms with Crippen molar-refractivity contribution in [3.8, 4) is 0 Å². The maximum Gasteiger partial charge on any atom is 0.374 e. The number of esters is 2. The molecule has 8 nitrogen and oxygen atoms in total. The molecule has 3 aromatic rings. The van der Waals surface area contributed by atoms with Crippen LogP contribution in [0.3, 0.4) is 0 Å². The van der Waals surface area contributed by atoms with Crippen molar-refractivity contribution in [2.45, 2.75) is 18.4 Å². The number of furan rings is 1. The lowest BCUT2D eigenvalue weighted by atomic mass is 10.1. The summed E-state index contributed by atoms with van der Waals surface area (Å²) < 4.78 is 39.3. The number of sulfonamides is 1. The monoisotopic (exact) mass is 481 g/mol. The number of hydrogen-bond donors (Lipinski definition) is 1. The van der Waals surface area contributed by atoms with Crippen molar-refractivity contribution < 1.29 is 31.9 Å². The molecule has 0 saturated heterocycles. The van der Waals surface area contributed by atoms with Gasteiger partial charge in [0, 0.05) is 9.86 Å². The number of nitrogens with two attached hydrogens (primary N) is 1. The van der Waals surface area contributed by atoms with E-state index >= 15 is 0 Å². The quantitative estimate of drug-likeness (QED) is 0.534. The van der Waals surface area contributed by atoms with Crippen LogP contribution >= 0.6 is 15.9 Å². The van der Waals surface area contributed by atoms with E-state index in [1.165, 1.54) is 24.3 Å². The average molecular weight is 482 g/mol. The fourth-order valence-corrected chi connectivity index (χ4v) is 3.50. The van der Waals surface area contributed by atoms with Crippen LogP contribution < -0.4 is 5.14 Å². The molecule has 1 aromatic heterocycles. The van der Waals surface area contributed by atoms with Crippen molar-refractivity contribution in [1.29, 1.82) is 0 Å². The second kappa shape index (κ2) is 8.36. The van der Waals surface area contributed by atoms with Crippen LogP contribution in [0, 0.1) is 0 Å². The second-order valence-electron chi connectivity index (χ2n) is 5.92. The van der Waals surface area contributed by atoms with Crippen LogP contribution in [0.2, 0.25) is 0 Å². The van der Waals surface area contributed by atoms with E-state index in [1.807, 2.05) is 0 Å². The van der Waals surface area contributed by atoms with Gasteiger partial charge in [-0.05, 0) is 49.4 Å². The Morgan fingerprint density at radius 3 is 2.38 bits per heavy atom. The van der Waals surface area contributed by atoms with Crippen molar-refractivity contribution in [2.75, 3.05) is 6.61 Å². The summed E-state index contributed by atoms with van der Waals surface area (Å²) in [6, 6.07) is 10.2. The highest BCUT2D eigenvalue weighted by molar-refractivity contribution is 9.10. The lowest BCUT2D eigenvalue weighted by Gasteiger charge is -2.06. The van der Waals surface area contributed by atoms with Gasteiger partial charge in [-0.3, -0.25) is 0 Å². The molecule has 29 heavy (non-hydrogen) atoms. The van der Waals surface area contributed by atoms with Crippen molar-refractivity contribution in [1.82, 2.24) is 0 Å². The normalized spacial score (nSPS) is 11.4. The lowest BCUT2D eigenvalue weighted by Crippen LogP contribution is -2.13. The zero-order valence-electron chi connectivity index (χ0n) is 15.2. The predicted molar refractivity (Wildman–Crippen MR) is 107 cm³/mol. The summed E-state index contributed by atoms with van der Waals surface area (Å²) in [6.07, 6.45) is 0. The highest BCUT2D eigenvalue weighted by Gasteiger charge is 2.23. The van der Waals surface area contributed by atoms with Crippen LogP contribution in [-0.2, 0) is 26.1 Å². The maximum absolute atomic E-state index is 12.4. The Balaban J connectivity index is 1.87. The number of ether oxygens (including phenoxy) is 2. The van der Waals surface area contributed by atoms with Gasteiger partial charge in [-0.1, -0.05) is 15.9 Å². The Kier molecular flexibility index (Phi) is 6.06. The first kappa shape index (κ1) is 21.0. The third-order valence-electron chi connectivity index (χ3n) is 3.98. The van der Waals surface area contributed by atoms with E-state index in [9.17, 15) is 18.0 Å². The van der Waals surface area contributed by atoms with Crippen LogP contribution in [0.5, 0.6) is 0 Å². The number of rotatable bonds is 6. The van der Waals surface area contributed by atoms with Gasteiger partial charge in [-0.2, -0.15) is 0 Å². The van der Waals surface area contributed by atoms with Crippen LogP contribution in [0.4, 0.5) is 0 Å². The van der Waals surface area contributed by atoms with Gasteiger partial charge in [0.15, 0.2) is 0 Å². The molecule has 0 atom stereocenters. The van der Waals surface area contributed by atoms with Crippen LogP contribution in [0.1, 0.15) is 33.4 Å². The smallest absolute Gasteiger partial charge is 0.374 e. The molecule has 10 heteroatoms. The van der Waals surface area contributed by atoms with Gasteiger partial charge >= 0.3 is 11.9 Å². The van der Waals surface area contributed by atoms with E-state index in [0.29, 0.717) is 16.5 Å². The first-order valence-electron chi connectivity index (χ1n) is 8.38. The number of carbonyl (C=O) groups is 2. The van der Waals surface area contributed by atoms with Crippen molar-refractivity contribution in [2.24, 2.45) is 5.14 Å². The summed E-state index contributed by atoms with van der Waals surface area (Å²) in [7, 11) is -3.86. The van der Waals surface area contributed by atoms with Gasteiger partial charge in [0.1, 0.15) is 12.2 Å². The first-order valence-corrected chi connectivity index (χ1v) is 10.7. The van der Waals surface area contributed by atoms with Crippen LogP contribution in [0.15, 0.2) is 56.2 Å². The molecule has 0 spiro atoms. The summed E-state index contributed by atoms with van der Waals surface area (Å²) >= 11 is 3.36. The number of hydrogen-bond acceptors (Lipinski definition) is 7. The minimum atomic E-state index is -3.86. The topological polar surface area (TPSA) is 126 Å². The molecule has 0 bridgehead atoms. The van der Waals surface area contributed by atoms with E-state index in [1.54, 1.807) is 25.1 Å². The molecule has 0 amide bonds. The largest absolute Gasteiger partial charge is 0.460 e. The van der Waals surface area contributed by atoms with Gasteiger partial charge in [0.25, 0.3) is 0 Å². The molecule has 1 heterocycles. The summed E-state index contributed by atoms with van der Waals surface area (Å²) in [6.45, 7) is 1.59. The van der Waals surface area contributed by atoms with Gasteiger partial charge < -0.3 is 13.9 Å². The summed E-state index contributed by atoms with van der Waals surface area (Å²) in [5.41, 5.74) is 0.943. The number of fused-ring (bicyclic) bond motifs is 1. The van der Waals surface area contributed by atoms with Crippen molar-refractivity contribution >= 4 is 48.9 Å². The Bertz CT molecular complexity index is 1180. The summed E-state index contributed by atoms with van der Waals surface area (Å²) in [5, 5.41) is 5.64. The average Bonchev–Trinajstić information content (AvgIpc) is 3.03. The number of benzene rings is 2. The zero-order chi connectivity index (χ0) is 21.2. The number of carbonyl (C=O) groups excluding carboxylic acids is 2. The molecule has 0 aliphatic heterocycles. The standard InChI is InChI=1S/C19H16BrNO7S/c1-2-26-19(23)17-15(14-9-12(20)5-8-16(14)28-17)10-27-18(22)11-3-6-13(7-4-11)29(21,24)25/h3-9H,2,10H2,1H3,(H2,21,24,25). The van der Waals surface area contributed by atoms with Crippen LogP contribution in [0.25, 0.3) is 11.0 Å². The third-order valence-corrected chi connectivity index (χ3v) is 5.40. The van der Waals surface area contributed by atoms with E-state index in [-0.39, 0.29) is 29.4 Å². The van der Waals surface area contributed by atoms with E-state index in [4.69, 9.17) is 19.0 Å². The fourth-order valence-electron chi connectivity index (χ4n) is 2.63. The van der Waals surface area contributed by atoms with E-state index < -0.39 is 22.0 Å². The highest BCUT2D eigenvalue weighted by Crippen LogP contribution is 2.30. The number of primary sulfonamides is 1. The van der Waals surface area contributed by atoms with E-state index in [0.717, 1.165) is 4.47 Å². The molecule has 3 rings (SSSR count). The van der Waals surface area contributed by atoms with Gasteiger partial charge in [0.05, 0.1) is 22.6 Å². The molecule has 0 saturated carbocycles. The lowest BCUT2D eigenvalue weighted by molar-refractivity contribution is 0.0435. The Hall–Kier alpha value is -2.69. The van der Waals surface area contributed by atoms with Crippen molar-refractivity contribution in [3.05, 3.63) is 63.8 Å². The predicted octanol–water partition coefficient (Wildman–Crippen LogP) is 3.38. The molecule has 2 aromatic carbocycles. The number of halogens is 1. The first-order chi connectivity index (χ1) is 13.7. The molecule has 0 aliphatic carbocycles. The summed E-state index contributed by atoms with van der Waals surface area (Å²) in [5.74, 6) is -1.41. The Morgan fingerprint density at radius 1 is 1.07 bits per heavy atom. The molecule has 0 fully saturated rings. The maximum atomic E-state index is 12.4. The fraction of sp³-hybridized carbons (Fsp3) is 0.158. The molecule has 152 valence electrons. The highest BCUT2D eigenvalue weighted by atomic mass is 79.9. The van der Waals surface area contributed by atoms with Gasteiger partial charge in [-0.15, -0.1) is 0 Å². The molecule has 2 N–H and O–H groups in total. The summed E-state index contributed by atoms with van der Waals surface area (Å²) in [4.78, 5) is 24.5. The second-order valence-corrected chi connectivity index (χ2v) is 8.39. The Morgan fingerprint density at radius 2 is 1.76 bits per heavy atom. The third kappa shape index (κ3) is 4.66. The molecular formula is C19H16BrNO7S. The minimum Gasteiger partial charge on any atom is -0.460 e. The SMILES string of the molecule is CCOC(=O)c1oc2ccc(Br)cc2c1COC(=O)c1ccc(S(N)(=O)=O)cc1. The molecule has 0 radical (unpaired) electrons. The molecule has 0 aliphatic rings. The van der Waals surface area contributed by atoms with Crippen LogP contribution in [-0.4, -0.2) is 27.0 Å². The Labute approximate surface area is 174 Å². The van der Waals surface area contributed by atoms with E-state index in [2.05, 4.69) is 15.9 Å².